The highest BCUT2D eigenvalue weighted by molar-refractivity contribution is 7.13. The molecule has 2 N–H and O–H groups in total. The van der Waals surface area contributed by atoms with Crippen LogP contribution in [0.4, 0.5) is 18.3 Å². The monoisotopic (exact) mass is 310 g/mol. The van der Waals surface area contributed by atoms with Crippen molar-refractivity contribution in [3.8, 4) is 16.9 Å². The van der Waals surface area contributed by atoms with Gasteiger partial charge in [-0.3, -0.25) is 0 Å². The zero-order chi connectivity index (χ0) is 15.0. The highest BCUT2D eigenvalue weighted by Gasteiger charge is 2.39. The lowest BCUT2D eigenvalue weighted by atomic mass is 10.2. The highest BCUT2D eigenvalue weighted by Crippen LogP contribution is 2.38. The van der Waals surface area contributed by atoms with Crippen molar-refractivity contribution in [3.63, 3.8) is 0 Å². The van der Waals surface area contributed by atoms with E-state index in [0.29, 0.717) is 5.69 Å². The number of aromatic nitrogens is 3. The molecule has 21 heavy (non-hydrogen) atoms. The molecule has 0 spiro atoms. The van der Waals surface area contributed by atoms with Gasteiger partial charge in [-0.1, -0.05) is 18.2 Å². The topological polar surface area (TPSA) is 56.7 Å². The number of hydrogen-bond donors (Lipinski definition) is 1. The first-order chi connectivity index (χ1) is 9.97. The van der Waals surface area contributed by atoms with E-state index < -0.39 is 11.9 Å². The molecule has 4 nitrogen and oxygen atoms in total. The van der Waals surface area contributed by atoms with Gasteiger partial charge in [-0.05, 0) is 12.1 Å². The second kappa shape index (κ2) is 4.88. The Hall–Kier alpha value is -2.35. The fraction of sp³-hybridized carbons (Fsp3) is 0.0769. The summed E-state index contributed by atoms with van der Waals surface area (Å²) in [6, 6.07) is 8.14. The number of nitrogens with two attached hydrogens (primary N) is 1. The molecule has 3 aromatic rings. The van der Waals surface area contributed by atoms with Gasteiger partial charge in [0.2, 0.25) is 0 Å². The van der Waals surface area contributed by atoms with Gasteiger partial charge in [-0.25, -0.2) is 9.67 Å². The summed E-state index contributed by atoms with van der Waals surface area (Å²) >= 11 is 1.09. The first-order valence-corrected chi connectivity index (χ1v) is 6.77. The van der Waals surface area contributed by atoms with Gasteiger partial charge in [0.25, 0.3) is 0 Å². The van der Waals surface area contributed by atoms with Gasteiger partial charge in [-0.15, -0.1) is 11.3 Å². The van der Waals surface area contributed by atoms with Gasteiger partial charge in [-0.2, -0.15) is 18.3 Å². The summed E-state index contributed by atoms with van der Waals surface area (Å²) < 4.78 is 41.1. The smallest absolute Gasteiger partial charge is 0.375 e. The van der Waals surface area contributed by atoms with Crippen molar-refractivity contribution in [1.82, 2.24) is 14.8 Å². The molecule has 2 heterocycles. The van der Waals surface area contributed by atoms with Crippen LogP contribution in [0.25, 0.3) is 16.9 Å². The maximum atomic E-state index is 13.4. The molecule has 3 rings (SSSR count). The summed E-state index contributed by atoms with van der Waals surface area (Å²) in [5, 5.41) is 5.56. The van der Waals surface area contributed by atoms with Crippen LogP contribution in [-0.2, 0) is 6.18 Å². The Bertz CT molecular complexity index is 761. The Morgan fingerprint density at radius 3 is 2.43 bits per heavy atom. The quantitative estimate of drug-likeness (QED) is 0.787. The molecule has 2 aromatic heterocycles. The molecule has 108 valence electrons. The number of thiazole rings is 1. The Kier molecular flexibility index (Phi) is 3.17. The summed E-state index contributed by atoms with van der Waals surface area (Å²) in [7, 11) is 0. The molecule has 0 radical (unpaired) electrons. The number of nitrogen functional groups attached to an aromatic ring is 1. The normalized spacial score (nSPS) is 11.8. The molecule has 8 heteroatoms. The number of nitrogens with zero attached hydrogens (tertiary/aromatic N) is 3. The molecule has 0 amide bonds. The van der Waals surface area contributed by atoms with E-state index >= 15 is 0 Å². The van der Waals surface area contributed by atoms with Crippen LogP contribution in [0.1, 0.15) is 5.69 Å². The van der Waals surface area contributed by atoms with E-state index in [2.05, 4.69) is 10.1 Å². The molecule has 0 saturated heterocycles. The number of rotatable bonds is 2. The number of benzene rings is 1. The lowest BCUT2D eigenvalue weighted by molar-refractivity contribution is -0.142. The molecule has 0 unspecified atom stereocenters. The summed E-state index contributed by atoms with van der Waals surface area (Å²) in [5.74, 6) is 0. The number of halogens is 3. The SMILES string of the molecule is Nc1nc(-c2cnn(-c3ccccc3)c2C(F)(F)F)cs1. The first-order valence-electron chi connectivity index (χ1n) is 5.89. The van der Waals surface area contributed by atoms with Crippen LogP contribution >= 0.6 is 11.3 Å². The van der Waals surface area contributed by atoms with Crippen LogP contribution in [0.5, 0.6) is 0 Å². The molecule has 1 aromatic carbocycles. The van der Waals surface area contributed by atoms with Crippen molar-refractivity contribution in [1.29, 1.82) is 0 Å². The first kappa shape index (κ1) is 13.6. The Balaban J connectivity index is 2.22. The van der Waals surface area contributed by atoms with Crippen molar-refractivity contribution in [3.05, 3.63) is 47.6 Å². The standard InChI is InChI=1S/C13H9F3N4S/c14-13(15,16)11-9(10-7-21-12(17)19-10)6-18-20(11)8-4-2-1-3-5-8/h1-7H,(H2,17,19). The second-order valence-electron chi connectivity index (χ2n) is 4.22. The van der Waals surface area contributed by atoms with Crippen LogP contribution in [0.2, 0.25) is 0 Å². The predicted molar refractivity (Wildman–Crippen MR) is 74.1 cm³/mol. The lowest BCUT2D eigenvalue weighted by Gasteiger charge is -2.12. The van der Waals surface area contributed by atoms with E-state index in [1.165, 1.54) is 5.38 Å². The molecular weight excluding hydrogens is 301 g/mol. The van der Waals surface area contributed by atoms with Gasteiger partial charge in [0.1, 0.15) is 0 Å². The fourth-order valence-corrected chi connectivity index (χ4v) is 2.55. The number of hydrogen-bond acceptors (Lipinski definition) is 4. The van der Waals surface area contributed by atoms with Crippen molar-refractivity contribution in [2.45, 2.75) is 6.18 Å². The number of para-hydroxylation sites is 1. The average molecular weight is 310 g/mol. The van der Waals surface area contributed by atoms with Crippen molar-refractivity contribution < 1.29 is 13.2 Å². The van der Waals surface area contributed by atoms with Crippen LogP contribution in [0.15, 0.2) is 41.9 Å². The highest BCUT2D eigenvalue weighted by atomic mass is 32.1. The molecule has 0 saturated carbocycles. The minimum absolute atomic E-state index is 0.0840. The van der Waals surface area contributed by atoms with E-state index in [1.54, 1.807) is 30.3 Å². The number of anilines is 1. The van der Waals surface area contributed by atoms with Gasteiger partial charge >= 0.3 is 6.18 Å². The zero-order valence-electron chi connectivity index (χ0n) is 10.5. The van der Waals surface area contributed by atoms with Crippen molar-refractivity contribution >= 4 is 16.5 Å². The van der Waals surface area contributed by atoms with Crippen LogP contribution in [0, 0.1) is 0 Å². The molecule has 0 bridgehead atoms. The van der Waals surface area contributed by atoms with Crippen LogP contribution < -0.4 is 5.73 Å². The second-order valence-corrected chi connectivity index (χ2v) is 5.11. The Labute approximate surface area is 121 Å². The van der Waals surface area contributed by atoms with E-state index in [0.717, 1.165) is 22.2 Å². The maximum Gasteiger partial charge on any atom is 0.434 e. The Morgan fingerprint density at radius 1 is 1.14 bits per heavy atom. The minimum atomic E-state index is -4.56. The largest absolute Gasteiger partial charge is 0.434 e. The minimum Gasteiger partial charge on any atom is -0.375 e. The van der Waals surface area contributed by atoms with Crippen molar-refractivity contribution in [2.24, 2.45) is 0 Å². The molecule has 0 aliphatic heterocycles. The lowest BCUT2D eigenvalue weighted by Crippen LogP contribution is -2.14. The van der Waals surface area contributed by atoms with E-state index in [-0.39, 0.29) is 16.4 Å². The van der Waals surface area contributed by atoms with E-state index in [4.69, 9.17) is 5.73 Å². The van der Waals surface area contributed by atoms with Crippen LogP contribution in [-0.4, -0.2) is 14.8 Å². The zero-order valence-corrected chi connectivity index (χ0v) is 11.3. The predicted octanol–water partition coefficient (Wildman–Crippen LogP) is 3.60. The summed E-state index contributed by atoms with van der Waals surface area (Å²) in [4.78, 5) is 3.91. The molecule has 0 fully saturated rings. The van der Waals surface area contributed by atoms with Crippen molar-refractivity contribution in [2.75, 3.05) is 5.73 Å². The molecule has 0 aliphatic rings. The van der Waals surface area contributed by atoms with Gasteiger partial charge in [0.05, 0.1) is 23.1 Å². The number of alkyl halides is 3. The van der Waals surface area contributed by atoms with Gasteiger partial charge in [0, 0.05) is 5.38 Å². The molecular formula is C13H9F3N4S. The third kappa shape index (κ3) is 2.49. The third-order valence-corrected chi connectivity index (χ3v) is 3.51. The summed E-state index contributed by atoms with van der Waals surface area (Å²) in [5.41, 5.74) is 5.05. The average Bonchev–Trinajstić information content (AvgIpc) is 3.04. The van der Waals surface area contributed by atoms with Gasteiger partial charge < -0.3 is 5.73 Å². The maximum absolute atomic E-state index is 13.4. The fourth-order valence-electron chi connectivity index (χ4n) is 1.98. The third-order valence-electron chi connectivity index (χ3n) is 2.84. The Morgan fingerprint density at radius 2 is 1.86 bits per heavy atom. The van der Waals surface area contributed by atoms with Gasteiger partial charge in [0.15, 0.2) is 10.8 Å². The molecule has 0 atom stereocenters. The van der Waals surface area contributed by atoms with E-state index in [1.807, 2.05) is 0 Å². The molecule has 0 aliphatic carbocycles. The summed E-state index contributed by atoms with van der Waals surface area (Å²) in [6.45, 7) is 0. The van der Waals surface area contributed by atoms with Crippen LogP contribution in [0.3, 0.4) is 0 Å². The summed E-state index contributed by atoms with van der Waals surface area (Å²) in [6.07, 6.45) is -3.40. The van der Waals surface area contributed by atoms with E-state index in [9.17, 15) is 13.2 Å².